The summed E-state index contributed by atoms with van der Waals surface area (Å²) in [6.45, 7) is 3.15. The maximum absolute atomic E-state index is 12.9. The number of nitrogens with one attached hydrogen (secondary N) is 1. The van der Waals surface area contributed by atoms with Crippen molar-refractivity contribution < 1.29 is 14.3 Å². The minimum Gasteiger partial charge on any atom is -0.493 e. The Kier molecular flexibility index (Phi) is 3.42. The molecule has 0 aromatic heterocycles. The molecule has 2 heterocycles. The van der Waals surface area contributed by atoms with Gasteiger partial charge < -0.3 is 14.8 Å². The van der Waals surface area contributed by atoms with Gasteiger partial charge in [-0.05, 0) is 30.7 Å². The Labute approximate surface area is 139 Å². The number of anilines is 1. The minimum atomic E-state index is -0.170. The van der Waals surface area contributed by atoms with Crippen molar-refractivity contribution in [1.29, 1.82) is 0 Å². The molecule has 2 aliphatic rings. The van der Waals surface area contributed by atoms with Crippen LogP contribution < -0.4 is 14.8 Å². The molecule has 1 N–H and O–H groups in total. The van der Waals surface area contributed by atoms with E-state index in [9.17, 15) is 4.79 Å². The normalized spacial score (nSPS) is 14.7. The summed E-state index contributed by atoms with van der Waals surface area (Å²) in [7, 11) is 0. The number of halogens is 1. The van der Waals surface area contributed by atoms with Crippen LogP contribution in [0.5, 0.6) is 11.5 Å². The van der Waals surface area contributed by atoms with Gasteiger partial charge >= 0.3 is 0 Å². The highest BCUT2D eigenvalue weighted by molar-refractivity contribution is 6.31. The van der Waals surface area contributed by atoms with Crippen LogP contribution in [0.3, 0.4) is 0 Å². The summed E-state index contributed by atoms with van der Waals surface area (Å²) in [6.07, 6.45) is 1.53. The molecule has 0 fully saturated rings. The molecule has 118 valence electrons. The number of hydrogen-bond donors (Lipinski definition) is 1. The lowest BCUT2D eigenvalue weighted by Crippen LogP contribution is -2.16. The first-order valence-electron chi connectivity index (χ1n) is 7.65. The molecule has 2 aromatic rings. The summed E-state index contributed by atoms with van der Waals surface area (Å²) in [5, 5.41) is 3.56. The summed E-state index contributed by atoms with van der Waals surface area (Å²) in [4.78, 5) is 12.9. The van der Waals surface area contributed by atoms with Gasteiger partial charge in [0, 0.05) is 34.7 Å². The summed E-state index contributed by atoms with van der Waals surface area (Å²) < 4.78 is 11.4. The molecule has 0 saturated heterocycles. The summed E-state index contributed by atoms with van der Waals surface area (Å²) in [5.41, 5.74) is 4.25. The molecular weight excluding hydrogens is 314 g/mol. The Balaban J connectivity index is 1.76. The summed E-state index contributed by atoms with van der Waals surface area (Å²) in [6, 6.07) is 7.46. The number of fused-ring (bicyclic) bond motifs is 2. The molecule has 1 amide bonds. The van der Waals surface area contributed by atoms with Gasteiger partial charge in [-0.1, -0.05) is 17.7 Å². The predicted molar refractivity (Wildman–Crippen MR) is 89.0 cm³/mol. The first-order valence-corrected chi connectivity index (χ1v) is 8.03. The zero-order valence-corrected chi connectivity index (χ0v) is 13.5. The molecule has 0 saturated carbocycles. The molecule has 0 unspecified atom stereocenters. The molecule has 4 rings (SSSR count). The number of aryl methyl sites for hydroxylation is 1. The van der Waals surface area contributed by atoms with Gasteiger partial charge in [0.05, 0.1) is 18.8 Å². The number of benzene rings is 2. The van der Waals surface area contributed by atoms with E-state index < -0.39 is 0 Å². The largest absolute Gasteiger partial charge is 0.493 e. The zero-order chi connectivity index (χ0) is 16.0. The highest BCUT2D eigenvalue weighted by Crippen LogP contribution is 2.41. The fourth-order valence-electron chi connectivity index (χ4n) is 3.14. The van der Waals surface area contributed by atoms with E-state index in [0.29, 0.717) is 35.2 Å². The van der Waals surface area contributed by atoms with E-state index >= 15 is 0 Å². The molecule has 2 aliphatic heterocycles. The third kappa shape index (κ3) is 2.43. The van der Waals surface area contributed by atoms with Crippen LogP contribution in [0.2, 0.25) is 5.02 Å². The Morgan fingerprint density at radius 3 is 2.87 bits per heavy atom. The van der Waals surface area contributed by atoms with E-state index in [4.69, 9.17) is 21.1 Å². The molecule has 0 bridgehead atoms. The molecule has 0 spiro atoms. The third-order valence-corrected chi connectivity index (χ3v) is 4.56. The van der Waals surface area contributed by atoms with Crippen molar-refractivity contribution in [1.82, 2.24) is 0 Å². The van der Waals surface area contributed by atoms with Crippen molar-refractivity contribution in [3.05, 3.63) is 51.5 Å². The van der Waals surface area contributed by atoms with Crippen molar-refractivity contribution >= 4 is 23.2 Å². The van der Waals surface area contributed by atoms with Crippen molar-refractivity contribution in [2.75, 3.05) is 18.5 Å². The number of hydrogen-bond acceptors (Lipinski definition) is 3. The smallest absolute Gasteiger partial charge is 0.259 e. The predicted octanol–water partition coefficient (Wildman–Crippen LogP) is 3.77. The van der Waals surface area contributed by atoms with Crippen molar-refractivity contribution in [2.45, 2.75) is 19.8 Å². The Hall–Kier alpha value is -2.20. The van der Waals surface area contributed by atoms with Crippen LogP contribution in [-0.2, 0) is 12.8 Å². The van der Waals surface area contributed by atoms with Gasteiger partial charge in [0.1, 0.15) is 11.5 Å². The van der Waals surface area contributed by atoms with E-state index in [1.54, 1.807) is 12.1 Å². The van der Waals surface area contributed by atoms with Crippen LogP contribution >= 0.6 is 11.6 Å². The first kappa shape index (κ1) is 14.4. The lowest BCUT2D eigenvalue weighted by Gasteiger charge is -2.14. The van der Waals surface area contributed by atoms with Crippen molar-refractivity contribution in [3.63, 3.8) is 0 Å². The van der Waals surface area contributed by atoms with Gasteiger partial charge in [-0.2, -0.15) is 0 Å². The number of carbonyl (C=O) groups is 1. The quantitative estimate of drug-likeness (QED) is 0.912. The Bertz CT molecular complexity index is 784. The van der Waals surface area contributed by atoms with Gasteiger partial charge in [0.2, 0.25) is 0 Å². The van der Waals surface area contributed by atoms with Crippen LogP contribution in [-0.4, -0.2) is 19.1 Å². The van der Waals surface area contributed by atoms with Crippen LogP contribution in [0.1, 0.15) is 27.0 Å². The number of carbonyl (C=O) groups excluding carboxylic acids is 1. The minimum absolute atomic E-state index is 0.170. The Morgan fingerprint density at radius 1 is 1.17 bits per heavy atom. The molecule has 0 aliphatic carbocycles. The van der Waals surface area contributed by atoms with Crippen LogP contribution in [0.15, 0.2) is 24.3 Å². The first-order chi connectivity index (χ1) is 11.1. The standard InChI is InChI=1S/C18H16ClNO3/c1-10-2-3-12(19)9-14(10)20-18(21)16-13-5-7-22-15(13)8-11-4-6-23-17(11)16/h2-3,8-9H,4-7H2,1H3,(H,20,21). The van der Waals surface area contributed by atoms with Gasteiger partial charge in [-0.3, -0.25) is 4.79 Å². The molecule has 2 aromatic carbocycles. The van der Waals surface area contributed by atoms with Crippen LogP contribution in [0.25, 0.3) is 0 Å². The second kappa shape index (κ2) is 5.46. The van der Waals surface area contributed by atoms with Crippen molar-refractivity contribution in [3.8, 4) is 11.5 Å². The van der Waals surface area contributed by atoms with E-state index in [0.717, 1.165) is 35.3 Å². The van der Waals surface area contributed by atoms with Gasteiger partial charge in [0.15, 0.2) is 0 Å². The second-order valence-electron chi connectivity index (χ2n) is 5.83. The summed E-state index contributed by atoms with van der Waals surface area (Å²) in [5.74, 6) is 1.34. The number of ether oxygens (including phenoxy) is 2. The van der Waals surface area contributed by atoms with E-state index in [1.807, 2.05) is 19.1 Å². The topological polar surface area (TPSA) is 47.6 Å². The maximum Gasteiger partial charge on any atom is 0.259 e. The number of amides is 1. The van der Waals surface area contributed by atoms with Crippen LogP contribution in [0, 0.1) is 6.92 Å². The molecule has 4 nitrogen and oxygen atoms in total. The highest BCUT2D eigenvalue weighted by Gasteiger charge is 2.30. The van der Waals surface area contributed by atoms with E-state index in [2.05, 4.69) is 5.32 Å². The van der Waals surface area contributed by atoms with Gasteiger partial charge in [0.25, 0.3) is 5.91 Å². The Morgan fingerprint density at radius 2 is 2.00 bits per heavy atom. The number of rotatable bonds is 2. The molecule has 0 atom stereocenters. The van der Waals surface area contributed by atoms with Crippen molar-refractivity contribution in [2.24, 2.45) is 0 Å². The molecule has 5 heteroatoms. The third-order valence-electron chi connectivity index (χ3n) is 4.33. The van der Waals surface area contributed by atoms with E-state index in [1.165, 1.54) is 0 Å². The van der Waals surface area contributed by atoms with E-state index in [-0.39, 0.29) is 5.91 Å². The second-order valence-corrected chi connectivity index (χ2v) is 6.26. The summed E-state index contributed by atoms with van der Waals surface area (Å²) >= 11 is 6.04. The molecule has 0 radical (unpaired) electrons. The fourth-order valence-corrected chi connectivity index (χ4v) is 3.31. The zero-order valence-electron chi connectivity index (χ0n) is 12.7. The van der Waals surface area contributed by atoms with Gasteiger partial charge in [-0.15, -0.1) is 0 Å². The van der Waals surface area contributed by atoms with Crippen LogP contribution in [0.4, 0.5) is 5.69 Å². The SMILES string of the molecule is Cc1ccc(Cl)cc1NC(=O)c1c2c(cc3c1OCC3)OCC2. The average molecular weight is 330 g/mol. The fraction of sp³-hybridized carbons (Fsp3) is 0.278. The maximum atomic E-state index is 12.9. The average Bonchev–Trinajstić information content (AvgIpc) is 3.16. The lowest BCUT2D eigenvalue weighted by atomic mass is 9.98. The van der Waals surface area contributed by atoms with Gasteiger partial charge in [-0.25, -0.2) is 0 Å². The lowest BCUT2D eigenvalue weighted by molar-refractivity contribution is 0.102. The molecule has 23 heavy (non-hydrogen) atoms. The molecular formula is C18H16ClNO3. The monoisotopic (exact) mass is 329 g/mol. The highest BCUT2D eigenvalue weighted by atomic mass is 35.5.